The fourth-order valence-corrected chi connectivity index (χ4v) is 4.44. The van der Waals surface area contributed by atoms with Crippen LogP contribution >= 0.6 is 0 Å². The van der Waals surface area contributed by atoms with Gasteiger partial charge in [-0.2, -0.15) is 0 Å². The van der Waals surface area contributed by atoms with Crippen LogP contribution in [0, 0.1) is 5.82 Å². The van der Waals surface area contributed by atoms with E-state index in [1.807, 2.05) is 6.92 Å². The minimum atomic E-state index is -3.70. The molecule has 0 saturated carbocycles. The summed E-state index contributed by atoms with van der Waals surface area (Å²) in [5.41, 5.74) is 2.06. The molecule has 2 aromatic rings. The Morgan fingerprint density at radius 1 is 1.27 bits per heavy atom. The molecular formula is C19H21FN2O3S. The fraction of sp³-hybridized carbons (Fsp3) is 0.316. The molecule has 2 aromatic carbocycles. The van der Waals surface area contributed by atoms with Crippen molar-refractivity contribution < 1.29 is 17.6 Å². The number of halogens is 1. The average Bonchev–Trinajstić information content (AvgIpc) is 2.91. The van der Waals surface area contributed by atoms with Crippen molar-refractivity contribution in [3.63, 3.8) is 0 Å². The second-order valence-corrected chi connectivity index (χ2v) is 8.24. The third-order valence-electron chi connectivity index (χ3n) is 4.56. The number of hydrogen-bond acceptors (Lipinski definition) is 3. The van der Waals surface area contributed by atoms with Gasteiger partial charge in [0.15, 0.2) is 0 Å². The van der Waals surface area contributed by atoms with E-state index in [9.17, 15) is 17.6 Å². The van der Waals surface area contributed by atoms with Crippen LogP contribution in [0.4, 0.5) is 10.1 Å². The molecule has 0 saturated heterocycles. The molecule has 1 unspecified atom stereocenters. The van der Waals surface area contributed by atoms with Crippen LogP contribution in [0.1, 0.15) is 25.0 Å². The monoisotopic (exact) mass is 376 g/mol. The Hall–Kier alpha value is -2.25. The van der Waals surface area contributed by atoms with Crippen molar-refractivity contribution in [3.05, 3.63) is 59.4 Å². The summed E-state index contributed by atoms with van der Waals surface area (Å²) in [7, 11) is -3.70. The Balaban J connectivity index is 1.74. The number of rotatable bonds is 5. The molecule has 7 heteroatoms. The number of benzene rings is 2. The van der Waals surface area contributed by atoms with E-state index >= 15 is 0 Å². The van der Waals surface area contributed by atoms with Gasteiger partial charge in [-0.1, -0.05) is 18.2 Å². The fourth-order valence-electron chi connectivity index (χ4n) is 3.36. The summed E-state index contributed by atoms with van der Waals surface area (Å²) < 4.78 is 41.2. The molecule has 138 valence electrons. The van der Waals surface area contributed by atoms with Crippen LogP contribution in [0.2, 0.25) is 0 Å². The van der Waals surface area contributed by atoms with Crippen LogP contribution in [-0.2, 0) is 27.7 Å². The van der Waals surface area contributed by atoms with Gasteiger partial charge in [-0.15, -0.1) is 0 Å². The quantitative estimate of drug-likeness (QED) is 0.872. The van der Waals surface area contributed by atoms with E-state index in [1.54, 1.807) is 35.2 Å². The first-order valence-electron chi connectivity index (χ1n) is 8.45. The molecule has 1 heterocycles. The van der Waals surface area contributed by atoms with Gasteiger partial charge < -0.3 is 4.90 Å². The highest BCUT2D eigenvalue weighted by Crippen LogP contribution is 2.33. The molecular weight excluding hydrogens is 355 g/mol. The Kier molecular flexibility index (Phi) is 5.11. The molecule has 1 amide bonds. The van der Waals surface area contributed by atoms with Crippen LogP contribution in [0.15, 0.2) is 47.4 Å². The topological polar surface area (TPSA) is 66.5 Å². The maximum absolute atomic E-state index is 13.6. The normalized spacial score (nSPS) is 16.6. The Morgan fingerprint density at radius 3 is 2.69 bits per heavy atom. The first-order chi connectivity index (χ1) is 12.3. The molecule has 1 aliphatic rings. The van der Waals surface area contributed by atoms with Gasteiger partial charge >= 0.3 is 0 Å². The standard InChI is InChI=1S/C19H21FN2O3S/c1-13-11-16-12-17(7-8-19(16)22(13)14(2)23)26(24,25)21-10-9-15-5-3-4-6-18(15)20/h3-8,12-13,21H,9-11H2,1-2H3. The van der Waals surface area contributed by atoms with Crippen LogP contribution < -0.4 is 9.62 Å². The van der Waals surface area contributed by atoms with Gasteiger partial charge in [-0.3, -0.25) is 4.79 Å². The smallest absolute Gasteiger partial charge is 0.240 e. The molecule has 5 nitrogen and oxygen atoms in total. The Bertz CT molecular complexity index is 944. The predicted molar refractivity (Wildman–Crippen MR) is 98.1 cm³/mol. The molecule has 0 radical (unpaired) electrons. The van der Waals surface area contributed by atoms with E-state index in [1.165, 1.54) is 19.1 Å². The molecule has 0 aliphatic carbocycles. The van der Waals surface area contributed by atoms with Gasteiger partial charge in [0.2, 0.25) is 15.9 Å². The van der Waals surface area contributed by atoms with Gasteiger partial charge in [0.25, 0.3) is 0 Å². The van der Waals surface area contributed by atoms with Crippen molar-refractivity contribution >= 4 is 21.6 Å². The van der Waals surface area contributed by atoms with Gasteiger partial charge in [-0.05, 0) is 55.2 Å². The molecule has 1 atom stereocenters. The average molecular weight is 376 g/mol. The van der Waals surface area contributed by atoms with Crippen molar-refractivity contribution in [2.24, 2.45) is 0 Å². The lowest BCUT2D eigenvalue weighted by Crippen LogP contribution is -2.33. The molecule has 0 bridgehead atoms. The second kappa shape index (κ2) is 7.17. The lowest BCUT2D eigenvalue weighted by atomic mass is 10.1. The number of carbonyl (C=O) groups excluding carboxylic acids is 1. The summed E-state index contributed by atoms with van der Waals surface area (Å²) in [6.45, 7) is 3.54. The van der Waals surface area contributed by atoms with Crippen LogP contribution in [0.25, 0.3) is 0 Å². The summed E-state index contributed by atoms with van der Waals surface area (Å²) in [5, 5.41) is 0. The predicted octanol–water partition coefficient (Wildman–Crippen LogP) is 2.64. The van der Waals surface area contributed by atoms with E-state index in [0.29, 0.717) is 12.0 Å². The highest BCUT2D eigenvalue weighted by Gasteiger charge is 2.30. The van der Waals surface area contributed by atoms with E-state index in [2.05, 4.69) is 4.72 Å². The van der Waals surface area contributed by atoms with Gasteiger partial charge in [-0.25, -0.2) is 17.5 Å². The van der Waals surface area contributed by atoms with Crippen molar-refractivity contribution in [3.8, 4) is 0 Å². The number of anilines is 1. The van der Waals surface area contributed by atoms with Crippen molar-refractivity contribution in [1.29, 1.82) is 0 Å². The number of nitrogens with one attached hydrogen (secondary N) is 1. The molecule has 1 aliphatic heterocycles. The van der Waals surface area contributed by atoms with Crippen LogP contribution in [-0.4, -0.2) is 26.9 Å². The Labute approximate surface area is 152 Å². The van der Waals surface area contributed by atoms with Gasteiger partial charge in [0.05, 0.1) is 4.90 Å². The highest BCUT2D eigenvalue weighted by molar-refractivity contribution is 7.89. The largest absolute Gasteiger partial charge is 0.309 e. The Morgan fingerprint density at radius 2 is 2.00 bits per heavy atom. The van der Waals surface area contributed by atoms with Crippen molar-refractivity contribution in [2.75, 3.05) is 11.4 Å². The minimum absolute atomic E-state index is 0.00877. The lowest BCUT2D eigenvalue weighted by molar-refractivity contribution is -0.116. The molecule has 0 fully saturated rings. The third-order valence-corrected chi connectivity index (χ3v) is 6.02. The van der Waals surface area contributed by atoms with E-state index < -0.39 is 10.0 Å². The summed E-state index contributed by atoms with van der Waals surface area (Å²) in [6.07, 6.45) is 0.888. The number of amides is 1. The lowest BCUT2D eigenvalue weighted by Gasteiger charge is -2.20. The number of sulfonamides is 1. The minimum Gasteiger partial charge on any atom is -0.309 e. The van der Waals surface area contributed by atoms with Crippen LogP contribution in [0.3, 0.4) is 0 Å². The van der Waals surface area contributed by atoms with Crippen molar-refractivity contribution in [1.82, 2.24) is 4.72 Å². The van der Waals surface area contributed by atoms with E-state index in [-0.39, 0.29) is 35.6 Å². The number of nitrogens with zero attached hydrogens (tertiary/aromatic N) is 1. The number of hydrogen-bond donors (Lipinski definition) is 1. The highest BCUT2D eigenvalue weighted by atomic mass is 32.2. The molecule has 26 heavy (non-hydrogen) atoms. The SMILES string of the molecule is CC(=O)N1c2ccc(S(=O)(=O)NCCc3ccccc3F)cc2CC1C. The van der Waals surface area contributed by atoms with Crippen LogP contribution in [0.5, 0.6) is 0 Å². The number of fused-ring (bicyclic) bond motifs is 1. The van der Waals surface area contributed by atoms with E-state index in [4.69, 9.17) is 0 Å². The maximum atomic E-state index is 13.6. The third kappa shape index (κ3) is 3.64. The second-order valence-electron chi connectivity index (χ2n) is 6.47. The molecule has 3 rings (SSSR count). The molecule has 0 spiro atoms. The van der Waals surface area contributed by atoms with E-state index in [0.717, 1.165) is 11.3 Å². The first kappa shape index (κ1) is 18.5. The zero-order chi connectivity index (χ0) is 18.9. The summed E-state index contributed by atoms with van der Waals surface area (Å²) >= 11 is 0. The zero-order valence-corrected chi connectivity index (χ0v) is 15.5. The van der Waals surface area contributed by atoms with Gasteiger partial charge in [0, 0.05) is 25.2 Å². The summed E-state index contributed by atoms with van der Waals surface area (Å²) in [4.78, 5) is 13.6. The van der Waals surface area contributed by atoms with Gasteiger partial charge in [0.1, 0.15) is 5.82 Å². The summed E-state index contributed by atoms with van der Waals surface area (Å²) in [5.74, 6) is -0.405. The molecule has 0 aromatic heterocycles. The maximum Gasteiger partial charge on any atom is 0.240 e. The van der Waals surface area contributed by atoms with Crippen molar-refractivity contribution in [2.45, 2.75) is 37.6 Å². The first-order valence-corrected chi connectivity index (χ1v) is 9.93. The zero-order valence-electron chi connectivity index (χ0n) is 14.7. The molecule has 1 N–H and O–H groups in total. The number of carbonyl (C=O) groups is 1. The summed E-state index contributed by atoms with van der Waals surface area (Å²) in [6, 6.07) is 11.1.